The van der Waals surface area contributed by atoms with E-state index in [1.54, 1.807) is 6.20 Å². The molecule has 19 heavy (non-hydrogen) atoms. The molecule has 3 heteroatoms. The normalized spacial score (nSPS) is 10.6. The molecule has 0 N–H and O–H groups in total. The Morgan fingerprint density at radius 1 is 0.947 bits per heavy atom. The average Bonchev–Trinajstić information content (AvgIpc) is 2.42. The number of nitrogens with zero attached hydrogens (tertiary/aromatic N) is 1. The van der Waals surface area contributed by atoms with Crippen LogP contribution in [0.25, 0.3) is 10.9 Å². The van der Waals surface area contributed by atoms with Crippen LogP contribution < -0.4 is 4.74 Å². The number of fused-ring (bicyclic) bond motifs is 1. The second kappa shape index (κ2) is 4.90. The number of benzene rings is 2. The summed E-state index contributed by atoms with van der Waals surface area (Å²) < 4.78 is 5.98. The molecule has 0 bridgehead atoms. The molecule has 0 amide bonds. The molecule has 1 aromatic heterocycles. The summed E-state index contributed by atoms with van der Waals surface area (Å²) in [5, 5.41) is 1.55. The van der Waals surface area contributed by atoms with Crippen molar-refractivity contribution in [1.29, 1.82) is 0 Å². The van der Waals surface area contributed by atoms with E-state index in [2.05, 4.69) is 4.98 Å². The van der Waals surface area contributed by atoms with Crippen molar-refractivity contribution in [1.82, 2.24) is 4.98 Å². The fourth-order valence-electron chi connectivity index (χ4n) is 1.99. The number of ether oxygens (including phenoxy) is 1. The summed E-state index contributed by atoms with van der Waals surface area (Å²) in [7, 11) is 0. The highest BCUT2D eigenvalue weighted by molar-refractivity contribution is 6.35. The highest BCUT2D eigenvalue weighted by Crippen LogP contribution is 2.32. The zero-order valence-electron chi connectivity index (χ0n) is 10.4. The maximum Gasteiger partial charge on any atom is 0.138 e. The quantitative estimate of drug-likeness (QED) is 0.654. The van der Waals surface area contributed by atoms with Crippen LogP contribution in [0.1, 0.15) is 5.56 Å². The fraction of sp³-hybridized carbons (Fsp3) is 0.0625. The van der Waals surface area contributed by atoms with Crippen LogP contribution in [0, 0.1) is 6.92 Å². The van der Waals surface area contributed by atoms with Crippen LogP contribution in [0.15, 0.2) is 54.7 Å². The second-order valence-electron chi connectivity index (χ2n) is 4.31. The van der Waals surface area contributed by atoms with E-state index < -0.39 is 0 Å². The van der Waals surface area contributed by atoms with Crippen LogP contribution in [-0.4, -0.2) is 4.98 Å². The summed E-state index contributed by atoms with van der Waals surface area (Å²) in [6.07, 6.45) is 1.71. The Balaban J connectivity index is 2.12. The zero-order chi connectivity index (χ0) is 13.2. The molecule has 0 radical (unpaired) electrons. The first kappa shape index (κ1) is 12.0. The van der Waals surface area contributed by atoms with Gasteiger partial charge in [-0.3, -0.25) is 4.98 Å². The van der Waals surface area contributed by atoms with Gasteiger partial charge in [0.05, 0.1) is 10.5 Å². The van der Waals surface area contributed by atoms with E-state index in [1.807, 2.05) is 55.5 Å². The Morgan fingerprint density at radius 2 is 1.79 bits per heavy atom. The van der Waals surface area contributed by atoms with Crippen LogP contribution in [0.2, 0.25) is 5.02 Å². The first-order chi connectivity index (χ1) is 9.25. The molecule has 3 rings (SSSR count). The molecule has 0 aliphatic carbocycles. The van der Waals surface area contributed by atoms with E-state index in [9.17, 15) is 0 Å². The lowest BCUT2D eigenvalue weighted by atomic mass is 10.2. The highest BCUT2D eigenvalue weighted by atomic mass is 35.5. The van der Waals surface area contributed by atoms with Crippen molar-refractivity contribution >= 4 is 22.5 Å². The van der Waals surface area contributed by atoms with Gasteiger partial charge in [-0.15, -0.1) is 0 Å². The minimum atomic E-state index is 0.632. The van der Waals surface area contributed by atoms with Gasteiger partial charge in [-0.05, 0) is 36.8 Å². The number of para-hydroxylation sites is 2. The monoisotopic (exact) mass is 269 g/mol. The lowest BCUT2D eigenvalue weighted by Crippen LogP contribution is -1.90. The van der Waals surface area contributed by atoms with Gasteiger partial charge in [0.1, 0.15) is 11.5 Å². The van der Waals surface area contributed by atoms with E-state index >= 15 is 0 Å². The Labute approximate surface area is 116 Å². The first-order valence-electron chi connectivity index (χ1n) is 6.02. The smallest absolute Gasteiger partial charge is 0.138 e. The van der Waals surface area contributed by atoms with Crippen molar-refractivity contribution in [2.24, 2.45) is 0 Å². The van der Waals surface area contributed by atoms with Crippen LogP contribution in [0.5, 0.6) is 11.5 Å². The number of halogens is 1. The van der Waals surface area contributed by atoms with Crippen LogP contribution in [0.3, 0.4) is 0 Å². The molecular formula is C16H12ClNO. The van der Waals surface area contributed by atoms with E-state index in [4.69, 9.17) is 16.3 Å². The summed E-state index contributed by atoms with van der Waals surface area (Å²) >= 11 is 6.15. The summed E-state index contributed by atoms with van der Waals surface area (Å²) in [5.74, 6) is 1.61. The third-order valence-electron chi connectivity index (χ3n) is 3.00. The first-order valence-corrected chi connectivity index (χ1v) is 6.40. The Hall–Kier alpha value is -2.06. The number of aryl methyl sites for hydroxylation is 1. The van der Waals surface area contributed by atoms with E-state index in [1.165, 1.54) is 0 Å². The van der Waals surface area contributed by atoms with Gasteiger partial charge in [0.15, 0.2) is 0 Å². The molecule has 0 saturated heterocycles. The number of rotatable bonds is 2. The van der Waals surface area contributed by atoms with Crippen molar-refractivity contribution in [3.8, 4) is 11.5 Å². The predicted molar refractivity (Wildman–Crippen MR) is 78.0 cm³/mol. The number of hydrogen-bond acceptors (Lipinski definition) is 2. The molecule has 0 saturated carbocycles. The van der Waals surface area contributed by atoms with Crippen molar-refractivity contribution in [2.45, 2.75) is 6.92 Å². The molecule has 0 fully saturated rings. The van der Waals surface area contributed by atoms with Crippen LogP contribution in [-0.2, 0) is 0 Å². The summed E-state index contributed by atoms with van der Waals surface area (Å²) in [6.45, 7) is 2.02. The van der Waals surface area contributed by atoms with Gasteiger partial charge in [0, 0.05) is 11.6 Å². The lowest BCUT2D eigenvalue weighted by Gasteiger charge is -2.10. The van der Waals surface area contributed by atoms with Gasteiger partial charge >= 0.3 is 0 Å². The molecule has 2 nitrogen and oxygen atoms in total. The van der Waals surface area contributed by atoms with Crippen LogP contribution in [0.4, 0.5) is 0 Å². The molecule has 3 aromatic rings. The van der Waals surface area contributed by atoms with Gasteiger partial charge < -0.3 is 4.74 Å². The highest BCUT2D eigenvalue weighted by Gasteiger charge is 2.07. The second-order valence-corrected chi connectivity index (χ2v) is 4.72. The molecule has 0 aliphatic rings. The van der Waals surface area contributed by atoms with Gasteiger partial charge in [0.2, 0.25) is 0 Å². The SMILES string of the molecule is Cc1ccccc1Oc1ccnc2c(Cl)cccc12. The average molecular weight is 270 g/mol. The molecule has 2 aromatic carbocycles. The maximum absolute atomic E-state index is 6.15. The largest absolute Gasteiger partial charge is 0.456 e. The molecule has 1 heterocycles. The van der Waals surface area contributed by atoms with Gasteiger partial charge in [0.25, 0.3) is 0 Å². The molecular weight excluding hydrogens is 258 g/mol. The Morgan fingerprint density at radius 3 is 2.63 bits per heavy atom. The van der Waals surface area contributed by atoms with Gasteiger partial charge in [-0.1, -0.05) is 35.9 Å². The molecule has 0 unspecified atom stereocenters. The lowest BCUT2D eigenvalue weighted by molar-refractivity contribution is 0.484. The number of pyridine rings is 1. The topological polar surface area (TPSA) is 22.1 Å². The third-order valence-corrected chi connectivity index (χ3v) is 3.30. The zero-order valence-corrected chi connectivity index (χ0v) is 11.2. The van der Waals surface area contributed by atoms with Gasteiger partial charge in [-0.2, -0.15) is 0 Å². The molecule has 94 valence electrons. The van der Waals surface area contributed by atoms with E-state index in [0.29, 0.717) is 5.02 Å². The van der Waals surface area contributed by atoms with Crippen molar-refractivity contribution in [3.05, 3.63) is 65.3 Å². The molecule has 0 atom stereocenters. The third kappa shape index (κ3) is 2.27. The van der Waals surface area contributed by atoms with E-state index in [0.717, 1.165) is 28.0 Å². The summed E-state index contributed by atoms with van der Waals surface area (Å²) in [4.78, 5) is 4.29. The summed E-state index contributed by atoms with van der Waals surface area (Å²) in [6, 6.07) is 15.5. The van der Waals surface area contributed by atoms with Crippen molar-refractivity contribution in [2.75, 3.05) is 0 Å². The standard InChI is InChI=1S/C16H12ClNO/c1-11-5-2-3-8-14(11)19-15-9-10-18-16-12(15)6-4-7-13(16)17/h2-10H,1H3. The Bertz CT molecular complexity index is 740. The maximum atomic E-state index is 6.15. The predicted octanol–water partition coefficient (Wildman–Crippen LogP) is 4.99. The number of hydrogen-bond donors (Lipinski definition) is 0. The van der Waals surface area contributed by atoms with Gasteiger partial charge in [-0.25, -0.2) is 0 Å². The Kier molecular flexibility index (Phi) is 3.10. The number of aromatic nitrogens is 1. The molecule has 0 aliphatic heterocycles. The van der Waals surface area contributed by atoms with Crippen LogP contribution >= 0.6 is 11.6 Å². The molecule has 0 spiro atoms. The summed E-state index contributed by atoms with van der Waals surface area (Å²) in [5.41, 5.74) is 1.85. The minimum absolute atomic E-state index is 0.632. The minimum Gasteiger partial charge on any atom is -0.456 e. The van der Waals surface area contributed by atoms with Crippen molar-refractivity contribution < 1.29 is 4.74 Å². The van der Waals surface area contributed by atoms with E-state index in [-0.39, 0.29) is 0 Å². The van der Waals surface area contributed by atoms with Crippen molar-refractivity contribution in [3.63, 3.8) is 0 Å². The fourth-order valence-corrected chi connectivity index (χ4v) is 2.22.